The van der Waals surface area contributed by atoms with Crippen LogP contribution in [-0.4, -0.2) is 52.6 Å². The van der Waals surface area contributed by atoms with Crippen LogP contribution in [0.4, 0.5) is 0 Å². The van der Waals surface area contributed by atoms with E-state index in [1.807, 2.05) is 12.1 Å². The fourth-order valence-corrected chi connectivity index (χ4v) is 3.75. The Kier molecular flexibility index (Phi) is 7.09. The van der Waals surface area contributed by atoms with Gasteiger partial charge in [0.25, 0.3) is 0 Å². The molecule has 120 valence electrons. The molecule has 1 saturated heterocycles. The van der Waals surface area contributed by atoms with Gasteiger partial charge in [-0.1, -0.05) is 12.1 Å². The molecule has 2 rings (SSSR count). The Morgan fingerprint density at radius 2 is 2.00 bits per heavy atom. The first-order valence-corrected chi connectivity index (χ1v) is 8.26. The number of benzene rings is 1. The molecule has 0 aliphatic carbocycles. The van der Waals surface area contributed by atoms with E-state index in [-0.39, 0.29) is 18.4 Å². The Bertz CT molecular complexity index is 528. The maximum absolute atomic E-state index is 12.5. The Balaban J connectivity index is 0.00000220. The molecule has 1 aromatic carbocycles. The second-order valence-electron chi connectivity index (χ2n) is 5.05. The molecule has 7 heteroatoms. The average Bonchev–Trinajstić information content (AvgIpc) is 2.98. The Morgan fingerprint density at radius 3 is 2.52 bits per heavy atom. The zero-order valence-corrected chi connectivity index (χ0v) is 14.0. The molecule has 0 radical (unpaired) electrons. The summed E-state index contributed by atoms with van der Waals surface area (Å²) in [6, 6.07) is 7.12. The van der Waals surface area contributed by atoms with Gasteiger partial charge in [-0.2, -0.15) is 4.31 Å². The van der Waals surface area contributed by atoms with Crippen molar-refractivity contribution in [1.29, 1.82) is 0 Å². The van der Waals surface area contributed by atoms with E-state index in [1.54, 1.807) is 26.3 Å². The molecule has 1 fully saturated rings. The topological polar surface area (TPSA) is 58.6 Å². The summed E-state index contributed by atoms with van der Waals surface area (Å²) in [5.41, 5.74) is 1.08. The van der Waals surface area contributed by atoms with Gasteiger partial charge in [-0.05, 0) is 37.1 Å². The highest BCUT2D eigenvalue weighted by molar-refractivity contribution is 7.89. The van der Waals surface area contributed by atoms with Crippen LogP contribution in [0.25, 0.3) is 0 Å². The monoisotopic (exact) mass is 334 g/mol. The highest BCUT2D eigenvalue weighted by Gasteiger charge is 2.29. The van der Waals surface area contributed by atoms with Gasteiger partial charge >= 0.3 is 0 Å². The third-order valence-corrected chi connectivity index (χ3v) is 5.67. The van der Waals surface area contributed by atoms with Gasteiger partial charge in [0.05, 0.1) is 11.5 Å². The molecule has 5 nitrogen and oxygen atoms in total. The number of hydrogen-bond donors (Lipinski definition) is 1. The largest absolute Gasteiger partial charge is 0.384 e. The number of hydrogen-bond acceptors (Lipinski definition) is 4. The molecule has 1 atom stereocenters. The van der Waals surface area contributed by atoms with Crippen molar-refractivity contribution >= 4 is 22.4 Å². The van der Waals surface area contributed by atoms with E-state index in [0.29, 0.717) is 11.5 Å². The van der Waals surface area contributed by atoms with Gasteiger partial charge in [0.2, 0.25) is 10.0 Å². The van der Waals surface area contributed by atoms with Crippen molar-refractivity contribution in [3.63, 3.8) is 0 Å². The summed E-state index contributed by atoms with van der Waals surface area (Å²) in [5.74, 6) is 0. The van der Waals surface area contributed by atoms with E-state index < -0.39 is 10.0 Å². The molecule has 1 N–H and O–H groups in total. The van der Waals surface area contributed by atoms with Crippen LogP contribution in [0.5, 0.6) is 0 Å². The molecule has 1 aliphatic rings. The highest BCUT2D eigenvalue weighted by atomic mass is 35.5. The third kappa shape index (κ3) is 4.40. The Hall–Kier alpha value is -0.660. The smallest absolute Gasteiger partial charge is 0.243 e. The predicted octanol–water partition coefficient (Wildman–Crippen LogP) is 1.28. The summed E-state index contributed by atoms with van der Waals surface area (Å²) >= 11 is 0. The van der Waals surface area contributed by atoms with Gasteiger partial charge in [-0.15, -0.1) is 12.4 Å². The lowest BCUT2D eigenvalue weighted by atomic mass is 10.2. The summed E-state index contributed by atoms with van der Waals surface area (Å²) in [5, 5.41) is 3.19. The van der Waals surface area contributed by atoms with Crippen molar-refractivity contribution in [2.75, 3.05) is 33.9 Å². The number of nitrogens with one attached hydrogen (secondary N) is 1. The van der Waals surface area contributed by atoms with E-state index in [2.05, 4.69) is 5.32 Å². The number of nitrogens with zero attached hydrogens (tertiary/aromatic N) is 1. The minimum absolute atomic E-state index is 0. The molecule has 1 heterocycles. The molecular formula is C14H23ClN2O3S. The molecule has 0 aromatic heterocycles. The molecule has 1 aliphatic heterocycles. The number of methoxy groups -OCH3 is 1. The second-order valence-corrected chi connectivity index (χ2v) is 7.05. The van der Waals surface area contributed by atoms with E-state index in [9.17, 15) is 8.42 Å². The quantitative estimate of drug-likeness (QED) is 0.851. The van der Waals surface area contributed by atoms with Crippen molar-refractivity contribution in [3.05, 3.63) is 29.8 Å². The van der Waals surface area contributed by atoms with Gasteiger partial charge in [0, 0.05) is 26.7 Å². The van der Waals surface area contributed by atoms with Crippen molar-refractivity contribution in [2.45, 2.75) is 23.8 Å². The number of likely N-dealkylation sites (N-methyl/N-ethyl adjacent to an activating group) is 1. The summed E-state index contributed by atoms with van der Waals surface area (Å²) in [6.07, 6.45) is 1.65. The standard InChI is InChI=1S/C14H22N2O3S.ClH/c1-16(13-7-9-15-11-13)20(17,18)14-5-3-12(4-6-14)8-10-19-2;/h3-6,13,15H,7-11H2,1-2H3;1H. The van der Waals surface area contributed by atoms with Gasteiger partial charge in [-0.3, -0.25) is 0 Å². The van der Waals surface area contributed by atoms with Crippen LogP contribution in [0, 0.1) is 0 Å². The molecule has 1 unspecified atom stereocenters. The Labute approximate surface area is 133 Å². The minimum Gasteiger partial charge on any atom is -0.384 e. The number of ether oxygens (including phenoxy) is 1. The molecule has 21 heavy (non-hydrogen) atoms. The SMILES string of the molecule is COCCc1ccc(S(=O)(=O)N(C)C2CCNC2)cc1.Cl. The minimum atomic E-state index is -3.40. The number of sulfonamides is 1. The van der Waals surface area contributed by atoms with Crippen LogP contribution in [0.2, 0.25) is 0 Å². The van der Waals surface area contributed by atoms with Crippen LogP contribution >= 0.6 is 12.4 Å². The number of halogens is 1. The lowest BCUT2D eigenvalue weighted by Crippen LogP contribution is -2.38. The van der Waals surface area contributed by atoms with Crippen molar-refractivity contribution < 1.29 is 13.2 Å². The van der Waals surface area contributed by atoms with Crippen LogP contribution in [0.3, 0.4) is 0 Å². The van der Waals surface area contributed by atoms with Crippen molar-refractivity contribution in [3.8, 4) is 0 Å². The second kappa shape index (κ2) is 8.10. The van der Waals surface area contributed by atoms with E-state index >= 15 is 0 Å². The van der Waals surface area contributed by atoms with E-state index in [0.717, 1.165) is 31.5 Å². The summed E-state index contributed by atoms with van der Waals surface area (Å²) in [4.78, 5) is 0.355. The van der Waals surface area contributed by atoms with Gasteiger partial charge in [0.1, 0.15) is 0 Å². The number of rotatable bonds is 6. The zero-order chi connectivity index (χ0) is 14.6. The lowest BCUT2D eigenvalue weighted by molar-refractivity contribution is 0.202. The summed E-state index contributed by atoms with van der Waals surface area (Å²) < 4.78 is 31.5. The molecule has 0 saturated carbocycles. The van der Waals surface area contributed by atoms with Crippen LogP contribution in [0.1, 0.15) is 12.0 Å². The highest BCUT2D eigenvalue weighted by Crippen LogP contribution is 2.19. The van der Waals surface area contributed by atoms with Gasteiger partial charge < -0.3 is 10.1 Å². The zero-order valence-electron chi connectivity index (χ0n) is 12.4. The fourth-order valence-electron chi connectivity index (χ4n) is 2.36. The van der Waals surface area contributed by atoms with Crippen LogP contribution in [-0.2, 0) is 21.2 Å². The van der Waals surface area contributed by atoms with Crippen LogP contribution < -0.4 is 5.32 Å². The summed E-state index contributed by atoms with van der Waals surface area (Å²) in [7, 11) is -0.0828. The van der Waals surface area contributed by atoms with E-state index in [4.69, 9.17) is 4.74 Å². The lowest BCUT2D eigenvalue weighted by Gasteiger charge is -2.23. The van der Waals surface area contributed by atoms with Crippen molar-refractivity contribution in [2.24, 2.45) is 0 Å². The molecular weight excluding hydrogens is 312 g/mol. The predicted molar refractivity (Wildman–Crippen MR) is 85.5 cm³/mol. The van der Waals surface area contributed by atoms with E-state index in [1.165, 1.54) is 4.31 Å². The molecule has 0 bridgehead atoms. The summed E-state index contributed by atoms with van der Waals surface area (Å²) in [6.45, 7) is 2.24. The molecule has 0 spiro atoms. The Morgan fingerprint density at radius 1 is 1.33 bits per heavy atom. The van der Waals surface area contributed by atoms with Crippen molar-refractivity contribution in [1.82, 2.24) is 9.62 Å². The van der Waals surface area contributed by atoms with Crippen LogP contribution in [0.15, 0.2) is 29.2 Å². The maximum Gasteiger partial charge on any atom is 0.243 e. The first-order chi connectivity index (χ1) is 9.55. The normalized spacial score (nSPS) is 18.7. The fraction of sp³-hybridized carbons (Fsp3) is 0.571. The molecule has 1 aromatic rings. The first-order valence-electron chi connectivity index (χ1n) is 6.82. The maximum atomic E-state index is 12.5. The van der Waals surface area contributed by atoms with Gasteiger partial charge in [0.15, 0.2) is 0 Å². The average molecular weight is 335 g/mol. The third-order valence-electron chi connectivity index (χ3n) is 3.74. The molecule has 0 amide bonds. The first kappa shape index (κ1) is 18.4. The van der Waals surface area contributed by atoms with Gasteiger partial charge in [-0.25, -0.2) is 8.42 Å².